The van der Waals surface area contributed by atoms with Gasteiger partial charge in [0.1, 0.15) is 36.7 Å². The lowest BCUT2D eigenvalue weighted by molar-refractivity contribution is -0.166. The maximum absolute atomic E-state index is 13.0. The molecule has 2 aromatic rings. The standard InChI is InChI=1S/C28H33N5O8/c1-26(2)15-9-10-27(3,11-15)24(26)40-25(36)37-12-17-21-22(39-20(35)6-4-5-19(34)38-21)28(13-29,41-17)18-8-7-16-23(30)31-14-32-33(16)18/h7-8,14-15,17,21-22,24H,4-6,9-12H2,1-3H3,(H2,30,31,32)/t15-,17+,21+,22+,24-,27-,28-/m0/s1. The van der Waals surface area contributed by atoms with E-state index in [-0.39, 0.29) is 47.7 Å². The summed E-state index contributed by atoms with van der Waals surface area (Å²) in [5, 5.41) is 14.8. The van der Waals surface area contributed by atoms with Crippen LogP contribution < -0.4 is 5.73 Å². The minimum absolute atomic E-state index is 0.0260. The molecule has 2 N–H and O–H groups in total. The number of nitrogens with zero attached hydrogens (tertiary/aromatic N) is 4. The minimum atomic E-state index is -1.98. The lowest BCUT2D eigenvalue weighted by Crippen LogP contribution is -2.46. The number of carbonyl (C=O) groups excluding carboxylic acids is 3. The van der Waals surface area contributed by atoms with E-state index >= 15 is 0 Å². The summed E-state index contributed by atoms with van der Waals surface area (Å²) in [6.45, 7) is 5.93. The maximum atomic E-state index is 13.0. The van der Waals surface area contributed by atoms with Gasteiger partial charge in [-0.2, -0.15) is 10.4 Å². The SMILES string of the molecule is CC1(C)[C@H]2CC[C@@](C)(C2)[C@H]1OC(=O)OC[C@H]1O[C@@](C#N)(c2ccc3c(N)ncnn23)[C@@H]2OC(=O)CCCC(=O)O[C@@H]21. The van der Waals surface area contributed by atoms with E-state index in [4.69, 9.17) is 29.4 Å². The molecule has 218 valence electrons. The Morgan fingerprint density at radius 3 is 2.68 bits per heavy atom. The highest BCUT2D eigenvalue weighted by Crippen LogP contribution is 2.63. The quantitative estimate of drug-likeness (QED) is 0.423. The molecule has 4 fully saturated rings. The van der Waals surface area contributed by atoms with Gasteiger partial charge in [0.05, 0.1) is 5.69 Å². The first kappa shape index (κ1) is 27.3. The lowest BCUT2D eigenvalue weighted by atomic mass is 9.70. The van der Waals surface area contributed by atoms with Gasteiger partial charge < -0.3 is 29.4 Å². The predicted molar refractivity (Wildman–Crippen MR) is 139 cm³/mol. The molecule has 0 spiro atoms. The van der Waals surface area contributed by atoms with Crippen molar-refractivity contribution >= 4 is 29.4 Å². The van der Waals surface area contributed by atoms with Crippen LogP contribution in [-0.4, -0.2) is 63.7 Å². The molecule has 4 heterocycles. The molecule has 2 saturated carbocycles. The number of anilines is 1. The van der Waals surface area contributed by atoms with Gasteiger partial charge in [0, 0.05) is 23.7 Å². The van der Waals surface area contributed by atoms with Gasteiger partial charge >= 0.3 is 18.1 Å². The van der Waals surface area contributed by atoms with Crippen molar-refractivity contribution in [1.29, 1.82) is 5.26 Å². The number of esters is 2. The smallest absolute Gasteiger partial charge is 0.455 e. The van der Waals surface area contributed by atoms with Crippen LogP contribution in [0, 0.1) is 28.1 Å². The number of aromatic nitrogens is 3. The Morgan fingerprint density at radius 2 is 1.98 bits per heavy atom. The molecule has 0 unspecified atom stereocenters. The van der Waals surface area contributed by atoms with Crippen molar-refractivity contribution < 1.29 is 38.1 Å². The third kappa shape index (κ3) is 4.27. The fraction of sp³-hybridized carbons (Fsp3) is 0.643. The molecule has 0 aromatic carbocycles. The van der Waals surface area contributed by atoms with Crippen molar-refractivity contribution in [3.63, 3.8) is 0 Å². The molecular formula is C28H33N5O8. The number of nitriles is 1. The number of ether oxygens (including phenoxy) is 5. The number of fused-ring (bicyclic) bond motifs is 4. The molecule has 2 aromatic heterocycles. The van der Waals surface area contributed by atoms with Crippen molar-refractivity contribution in [3.05, 3.63) is 24.2 Å². The van der Waals surface area contributed by atoms with E-state index in [2.05, 4.69) is 36.9 Å². The molecule has 13 heteroatoms. The molecule has 6 rings (SSSR count). The average Bonchev–Trinajstić information content (AvgIpc) is 3.65. The lowest BCUT2D eigenvalue weighted by Gasteiger charge is -2.41. The van der Waals surface area contributed by atoms with Crippen LogP contribution in [0.2, 0.25) is 0 Å². The highest BCUT2D eigenvalue weighted by atomic mass is 16.7. The normalized spacial score (nSPS) is 35.9. The van der Waals surface area contributed by atoms with Gasteiger partial charge in [0.2, 0.25) is 5.60 Å². The van der Waals surface area contributed by atoms with Crippen molar-refractivity contribution in [3.8, 4) is 6.07 Å². The molecule has 41 heavy (non-hydrogen) atoms. The summed E-state index contributed by atoms with van der Waals surface area (Å²) in [6.07, 6.45) is -0.577. The molecule has 0 amide bonds. The summed E-state index contributed by atoms with van der Waals surface area (Å²) in [5.74, 6) is -0.592. The van der Waals surface area contributed by atoms with Crippen LogP contribution in [0.5, 0.6) is 0 Å². The van der Waals surface area contributed by atoms with Crippen LogP contribution >= 0.6 is 0 Å². The Labute approximate surface area is 236 Å². The van der Waals surface area contributed by atoms with Gasteiger partial charge in [-0.15, -0.1) is 0 Å². The summed E-state index contributed by atoms with van der Waals surface area (Å²) in [5.41, 5.74) is 4.28. The summed E-state index contributed by atoms with van der Waals surface area (Å²) in [6, 6.07) is 5.28. The second-order valence-corrected chi connectivity index (χ2v) is 12.4. The third-order valence-corrected chi connectivity index (χ3v) is 9.44. The van der Waals surface area contributed by atoms with E-state index in [9.17, 15) is 19.6 Å². The van der Waals surface area contributed by atoms with E-state index in [0.717, 1.165) is 19.3 Å². The Bertz CT molecular complexity index is 1450. The van der Waals surface area contributed by atoms with Crippen LogP contribution in [-0.2, 0) is 38.9 Å². The predicted octanol–water partition coefficient (Wildman–Crippen LogP) is 2.80. The first-order valence-electron chi connectivity index (χ1n) is 13.9. The summed E-state index contributed by atoms with van der Waals surface area (Å²) >= 11 is 0. The van der Waals surface area contributed by atoms with Gasteiger partial charge in [0.25, 0.3) is 0 Å². The number of nitrogen functional groups attached to an aromatic ring is 1. The molecule has 7 atom stereocenters. The van der Waals surface area contributed by atoms with E-state index in [0.29, 0.717) is 11.4 Å². The summed E-state index contributed by atoms with van der Waals surface area (Å²) < 4.78 is 30.5. The highest BCUT2D eigenvalue weighted by Gasteiger charge is 2.64. The number of hydrogen-bond donors (Lipinski definition) is 1. The number of rotatable bonds is 4. The van der Waals surface area contributed by atoms with Crippen LogP contribution in [0.25, 0.3) is 5.52 Å². The molecule has 13 nitrogen and oxygen atoms in total. The van der Waals surface area contributed by atoms with Crippen molar-refractivity contribution in [1.82, 2.24) is 14.6 Å². The van der Waals surface area contributed by atoms with Crippen LogP contribution in [0.15, 0.2) is 18.5 Å². The average molecular weight is 568 g/mol. The van der Waals surface area contributed by atoms with Crippen molar-refractivity contribution in [2.45, 2.75) is 89.3 Å². The van der Waals surface area contributed by atoms with Gasteiger partial charge in [0.15, 0.2) is 18.0 Å². The van der Waals surface area contributed by atoms with Crippen molar-refractivity contribution in [2.24, 2.45) is 16.7 Å². The zero-order valence-electron chi connectivity index (χ0n) is 23.2. The Kier molecular flexibility index (Phi) is 6.37. The monoisotopic (exact) mass is 567 g/mol. The van der Waals surface area contributed by atoms with Crippen molar-refractivity contribution in [2.75, 3.05) is 12.3 Å². The highest BCUT2D eigenvalue weighted by molar-refractivity contribution is 5.74. The Hall–Kier alpha value is -3.92. The van der Waals surface area contributed by atoms with E-state index in [1.54, 1.807) is 12.1 Å². The van der Waals surface area contributed by atoms with Crippen LogP contribution in [0.4, 0.5) is 10.6 Å². The maximum Gasteiger partial charge on any atom is 0.508 e. The summed E-state index contributed by atoms with van der Waals surface area (Å²) in [4.78, 5) is 42.4. The molecule has 2 aliphatic heterocycles. The van der Waals surface area contributed by atoms with Gasteiger partial charge in [-0.1, -0.05) is 20.8 Å². The Morgan fingerprint density at radius 1 is 1.22 bits per heavy atom. The largest absolute Gasteiger partial charge is 0.508 e. The molecule has 2 bridgehead atoms. The Balaban J connectivity index is 1.30. The first-order valence-corrected chi connectivity index (χ1v) is 13.9. The van der Waals surface area contributed by atoms with Gasteiger partial charge in [-0.25, -0.2) is 14.3 Å². The second kappa shape index (κ2) is 9.58. The van der Waals surface area contributed by atoms with Crippen LogP contribution in [0.3, 0.4) is 0 Å². The fourth-order valence-electron chi connectivity index (χ4n) is 7.42. The zero-order chi connectivity index (χ0) is 29.2. The molecule has 4 aliphatic rings. The zero-order valence-corrected chi connectivity index (χ0v) is 23.2. The first-order chi connectivity index (χ1) is 19.5. The molecule has 0 radical (unpaired) electrons. The van der Waals surface area contributed by atoms with E-state index in [1.165, 1.54) is 10.8 Å². The molecular weight excluding hydrogens is 534 g/mol. The number of carbonyl (C=O) groups is 3. The third-order valence-electron chi connectivity index (χ3n) is 9.44. The van der Waals surface area contributed by atoms with Gasteiger partial charge in [-0.05, 0) is 43.7 Å². The summed E-state index contributed by atoms with van der Waals surface area (Å²) in [7, 11) is 0. The number of hydrogen-bond acceptors (Lipinski definition) is 12. The van der Waals surface area contributed by atoms with Gasteiger partial charge in [-0.3, -0.25) is 9.59 Å². The minimum Gasteiger partial charge on any atom is -0.455 e. The molecule has 2 aliphatic carbocycles. The second-order valence-electron chi connectivity index (χ2n) is 12.4. The van der Waals surface area contributed by atoms with E-state index < -0.39 is 48.6 Å². The topological polar surface area (TPSA) is 177 Å². The number of nitrogens with two attached hydrogens (primary N) is 1. The van der Waals surface area contributed by atoms with Crippen LogP contribution in [0.1, 0.15) is 65.0 Å². The molecule has 2 saturated heterocycles. The van der Waals surface area contributed by atoms with E-state index in [1.807, 2.05) is 0 Å². The fourth-order valence-corrected chi connectivity index (χ4v) is 7.42.